The van der Waals surface area contributed by atoms with E-state index in [-0.39, 0.29) is 17.8 Å². The second kappa shape index (κ2) is 4.66. The molecule has 2 N–H and O–H groups in total. The van der Waals surface area contributed by atoms with Gasteiger partial charge in [0.2, 0.25) is 5.91 Å². The summed E-state index contributed by atoms with van der Waals surface area (Å²) in [5, 5.41) is 5.26. The Balaban J connectivity index is 1.86. The van der Waals surface area contributed by atoms with Crippen LogP contribution in [-0.2, 0) is 4.79 Å². The van der Waals surface area contributed by atoms with Gasteiger partial charge in [-0.1, -0.05) is 12.1 Å². The molecule has 0 radical (unpaired) electrons. The van der Waals surface area contributed by atoms with Crippen molar-refractivity contribution in [2.45, 2.75) is 24.9 Å². The number of benzene rings is 1. The highest BCUT2D eigenvalue weighted by molar-refractivity contribution is 5.78. The average molecular weight is 249 g/mol. The summed E-state index contributed by atoms with van der Waals surface area (Å²) in [7, 11) is 0. The Kier molecular flexibility index (Phi) is 3.01. The summed E-state index contributed by atoms with van der Waals surface area (Å²) >= 11 is 0. The minimum atomic E-state index is -0.253. The molecule has 0 aliphatic carbocycles. The third-order valence-electron chi connectivity index (χ3n) is 3.63. The van der Waals surface area contributed by atoms with Crippen molar-refractivity contribution in [2.75, 3.05) is 13.1 Å². The van der Waals surface area contributed by atoms with Gasteiger partial charge in [-0.05, 0) is 30.7 Å². The highest BCUT2D eigenvalue weighted by Crippen LogP contribution is 2.30. The van der Waals surface area contributed by atoms with Gasteiger partial charge in [0.25, 0.3) is 0 Å². The van der Waals surface area contributed by atoms with Gasteiger partial charge in [-0.2, -0.15) is 0 Å². The van der Waals surface area contributed by atoms with E-state index in [4.69, 9.17) is 0 Å². The Morgan fingerprint density at radius 3 is 3.00 bits per heavy atom. The molecule has 2 heterocycles. The fourth-order valence-corrected chi connectivity index (χ4v) is 2.76. The molecule has 2 saturated heterocycles. The Hall–Kier alpha value is -1.46. The minimum absolute atomic E-state index is 0.0103. The molecule has 2 aliphatic rings. The molecule has 4 nitrogen and oxygen atoms in total. The molecule has 96 valence electrons. The number of hydrazine groups is 1. The van der Waals surface area contributed by atoms with Gasteiger partial charge < -0.3 is 5.32 Å². The molecule has 0 aromatic heterocycles. The molecule has 3 rings (SSSR count). The molecular weight excluding hydrogens is 233 g/mol. The number of carbonyl (C=O) groups excluding carboxylic acids is 1. The van der Waals surface area contributed by atoms with Crippen LogP contribution in [0.15, 0.2) is 24.3 Å². The summed E-state index contributed by atoms with van der Waals surface area (Å²) in [6.07, 6.45) is 1.41. The first-order chi connectivity index (χ1) is 8.74. The van der Waals surface area contributed by atoms with Crippen molar-refractivity contribution in [1.29, 1.82) is 0 Å². The van der Waals surface area contributed by atoms with Crippen molar-refractivity contribution in [3.05, 3.63) is 35.6 Å². The number of rotatable bonds is 2. The SMILES string of the molecule is O=C1CC(c2cccc(F)c2)N(C2CCNC2)N1. The summed E-state index contributed by atoms with van der Waals surface area (Å²) in [6.45, 7) is 1.83. The number of hydrogen-bond donors (Lipinski definition) is 2. The molecule has 2 fully saturated rings. The molecule has 0 bridgehead atoms. The van der Waals surface area contributed by atoms with Crippen LogP contribution >= 0.6 is 0 Å². The Morgan fingerprint density at radius 1 is 1.39 bits per heavy atom. The standard InChI is InChI=1S/C13H16FN3O/c14-10-3-1-2-9(6-10)12-7-13(18)16-17(12)11-4-5-15-8-11/h1-3,6,11-12,15H,4-5,7-8H2,(H,16,18). The molecule has 1 aromatic rings. The van der Waals surface area contributed by atoms with Gasteiger partial charge in [0.15, 0.2) is 0 Å². The van der Waals surface area contributed by atoms with Crippen molar-refractivity contribution in [1.82, 2.24) is 15.8 Å². The third-order valence-corrected chi connectivity index (χ3v) is 3.63. The maximum atomic E-state index is 13.3. The second-order valence-electron chi connectivity index (χ2n) is 4.86. The highest BCUT2D eigenvalue weighted by Gasteiger charge is 2.37. The van der Waals surface area contributed by atoms with Crippen molar-refractivity contribution in [2.24, 2.45) is 0 Å². The fraction of sp³-hybridized carbons (Fsp3) is 0.462. The lowest BCUT2D eigenvalue weighted by molar-refractivity contribution is -0.121. The molecule has 2 aliphatic heterocycles. The molecule has 0 saturated carbocycles. The zero-order valence-electron chi connectivity index (χ0n) is 10.0. The van der Waals surface area contributed by atoms with E-state index >= 15 is 0 Å². The quantitative estimate of drug-likeness (QED) is 0.820. The zero-order valence-corrected chi connectivity index (χ0v) is 10.0. The van der Waals surface area contributed by atoms with Gasteiger partial charge in [0.05, 0.1) is 6.04 Å². The maximum Gasteiger partial charge on any atom is 0.236 e. The zero-order chi connectivity index (χ0) is 12.5. The van der Waals surface area contributed by atoms with Gasteiger partial charge in [0.1, 0.15) is 5.82 Å². The van der Waals surface area contributed by atoms with E-state index in [0.29, 0.717) is 12.5 Å². The Morgan fingerprint density at radius 2 is 2.28 bits per heavy atom. The van der Waals surface area contributed by atoms with Gasteiger partial charge >= 0.3 is 0 Å². The summed E-state index contributed by atoms with van der Waals surface area (Å²) in [5.74, 6) is -0.243. The number of nitrogens with one attached hydrogen (secondary N) is 2. The van der Waals surface area contributed by atoms with Crippen LogP contribution in [0.2, 0.25) is 0 Å². The van der Waals surface area contributed by atoms with E-state index in [9.17, 15) is 9.18 Å². The first kappa shape index (κ1) is 11.6. The number of carbonyl (C=O) groups is 1. The molecule has 2 unspecified atom stereocenters. The van der Waals surface area contributed by atoms with Crippen molar-refractivity contribution in [3.63, 3.8) is 0 Å². The van der Waals surface area contributed by atoms with Gasteiger partial charge in [0, 0.05) is 19.0 Å². The molecule has 18 heavy (non-hydrogen) atoms. The molecular formula is C13H16FN3O. The monoisotopic (exact) mass is 249 g/mol. The predicted molar refractivity (Wildman–Crippen MR) is 65.0 cm³/mol. The normalized spacial score (nSPS) is 28.6. The fourth-order valence-electron chi connectivity index (χ4n) is 2.76. The summed E-state index contributed by atoms with van der Waals surface area (Å²) in [6, 6.07) is 6.75. The maximum absolute atomic E-state index is 13.3. The van der Waals surface area contributed by atoms with Crippen LogP contribution in [0.4, 0.5) is 4.39 Å². The summed E-state index contributed by atoms with van der Waals surface area (Å²) in [4.78, 5) is 11.6. The minimum Gasteiger partial charge on any atom is -0.315 e. The second-order valence-corrected chi connectivity index (χ2v) is 4.86. The van der Waals surface area contributed by atoms with E-state index in [1.807, 2.05) is 11.1 Å². The van der Waals surface area contributed by atoms with Crippen molar-refractivity contribution in [3.8, 4) is 0 Å². The largest absolute Gasteiger partial charge is 0.315 e. The first-order valence-electron chi connectivity index (χ1n) is 6.28. The molecule has 0 spiro atoms. The lowest BCUT2D eigenvalue weighted by atomic mass is 10.0. The lowest BCUT2D eigenvalue weighted by Gasteiger charge is -2.29. The van der Waals surface area contributed by atoms with Gasteiger partial charge in [-0.15, -0.1) is 0 Å². The molecule has 5 heteroatoms. The average Bonchev–Trinajstić information content (AvgIpc) is 2.97. The van der Waals surface area contributed by atoms with Crippen LogP contribution in [0.3, 0.4) is 0 Å². The van der Waals surface area contributed by atoms with Crippen LogP contribution in [0.25, 0.3) is 0 Å². The van der Waals surface area contributed by atoms with E-state index in [2.05, 4.69) is 10.7 Å². The lowest BCUT2D eigenvalue weighted by Crippen LogP contribution is -2.44. The highest BCUT2D eigenvalue weighted by atomic mass is 19.1. The topological polar surface area (TPSA) is 44.4 Å². The Bertz CT molecular complexity index is 459. The molecule has 1 aromatic carbocycles. The predicted octanol–water partition coefficient (Wildman–Crippen LogP) is 0.966. The van der Waals surface area contributed by atoms with E-state index in [0.717, 1.165) is 25.1 Å². The number of amides is 1. The van der Waals surface area contributed by atoms with Crippen LogP contribution in [-0.4, -0.2) is 30.0 Å². The molecule has 2 atom stereocenters. The smallest absolute Gasteiger partial charge is 0.236 e. The van der Waals surface area contributed by atoms with Gasteiger partial charge in [-0.25, -0.2) is 9.40 Å². The van der Waals surface area contributed by atoms with E-state index in [1.54, 1.807) is 6.07 Å². The van der Waals surface area contributed by atoms with E-state index in [1.165, 1.54) is 12.1 Å². The van der Waals surface area contributed by atoms with Crippen LogP contribution in [0, 0.1) is 5.82 Å². The van der Waals surface area contributed by atoms with Crippen molar-refractivity contribution >= 4 is 5.91 Å². The van der Waals surface area contributed by atoms with Crippen LogP contribution < -0.4 is 10.7 Å². The van der Waals surface area contributed by atoms with Crippen LogP contribution in [0.5, 0.6) is 0 Å². The Labute approximate surface area is 105 Å². The van der Waals surface area contributed by atoms with Gasteiger partial charge in [-0.3, -0.25) is 10.2 Å². The first-order valence-corrected chi connectivity index (χ1v) is 6.28. The summed E-state index contributed by atoms with van der Waals surface area (Å²) in [5.41, 5.74) is 3.76. The number of halogens is 1. The molecule has 1 amide bonds. The third kappa shape index (κ3) is 2.11. The summed E-state index contributed by atoms with van der Waals surface area (Å²) < 4.78 is 13.3. The van der Waals surface area contributed by atoms with E-state index < -0.39 is 0 Å². The number of hydrogen-bond acceptors (Lipinski definition) is 3. The number of nitrogens with zero attached hydrogens (tertiary/aromatic N) is 1. The van der Waals surface area contributed by atoms with Crippen LogP contribution in [0.1, 0.15) is 24.4 Å². The van der Waals surface area contributed by atoms with Crippen molar-refractivity contribution < 1.29 is 9.18 Å².